The van der Waals surface area contributed by atoms with Crippen molar-refractivity contribution in [1.82, 2.24) is 4.90 Å². The van der Waals surface area contributed by atoms with Crippen molar-refractivity contribution in [3.63, 3.8) is 0 Å². The van der Waals surface area contributed by atoms with Gasteiger partial charge in [0.05, 0.1) is 9.40 Å². The minimum Gasteiger partial charge on any atom is -0.339 e. The van der Waals surface area contributed by atoms with E-state index in [1.807, 2.05) is 0 Å². The molecule has 0 radical (unpaired) electrons. The maximum atomic E-state index is 12.5. The van der Waals surface area contributed by atoms with E-state index >= 15 is 0 Å². The highest BCUT2D eigenvalue weighted by molar-refractivity contribution is 9.10. The number of rotatable bonds is 3. The summed E-state index contributed by atoms with van der Waals surface area (Å²) in [5, 5.41) is 10.9. The van der Waals surface area contributed by atoms with Gasteiger partial charge in [0, 0.05) is 24.7 Å². The molecule has 0 aromatic heterocycles. The van der Waals surface area contributed by atoms with Crippen molar-refractivity contribution >= 4 is 27.5 Å². The van der Waals surface area contributed by atoms with E-state index in [0.29, 0.717) is 21.9 Å². The Morgan fingerprint density at radius 3 is 2.52 bits per heavy atom. The van der Waals surface area contributed by atoms with Crippen LogP contribution in [-0.2, 0) is 0 Å². The van der Waals surface area contributed by atoms with Crippen LogP contribution in [-0.4, -0.2) is 28.8 Å². The van der Waals surface area contributed by atoms with Crippen LogP contribution in [0.25, 0.3) is 0 Å². The third-order valence-electron chi connectivity index (χ3n) is 4.16. The number of amides is 1. The van der Waals surface area contributed by atoms with Crippen LogP contribution >= 0.6 is 15.9 Å². The first-order valence-electron chi connectivity index (χ1n) is 7.13. The monoisotopic (exact) mass is 354 g/mol. The molecule has 1 saturated heterocycles. The standard InChI is InChI=1S/C15H19BrN2O3/c1-10(2)11-5-7-17(8-6-11)15(19)12-3-4-13(16)14(9-12)18(20)21/h3-4,9-11H,5-8H2,1-2H3. The molecule has 1 aliphatic rings. The van der Waals surface area contributed by atoms with Gasteiger partial charge in [0.1, 0.15) is 0 Å². The van der Waals surface area contributed by atoms with E-state index in [4.69, 9.17) is 0 Å². The summed E-state index contributed by atoms with van der Waals surface area (Å²) in [7, 11) is 0. The summed E-state index contributed by atoms with van der Waals surface area (Å²) in [6, 6.07) is 4.54. The number of carbonyl (C=O) groups is 1. The van der Waals surface area contributed by atoms with Crippen LogP contribution in [0.5, 0.6) is 0 Å². The number of piperidine rings is 1. The van der Waals surface area contributed by atoms with E-state index in [9.17, 15) is 14.9 Å². The van der Waals surface area contributed by atoms with Gasteiger partial charge in [-0.1, -0.05) is 13.8 Å². The number of hydrogen-bond acceptors (Lipinski definition) is 3. The Bertz CT molecular complexity index is 552. The van der Waals surface area contributed by atoms with E-state index in [1.54, 1.807) is 17.0 Å². The van der Waals surface area contributed by atoms with E-state index in [1.165, 1.54) is 6.07 Å². The van der Waals surface area contributed by atoms with Crippen LogP contribution in [0.15, 0.2) is 22.7 Å². The Balaban J connectivity index is 2.11. The molecule has 0 saturated carbocycles. The highest BCUT2D eigenvalue weighted by atomic mass is 79.9. The Morgan fingerprint density at radius 2 is 2.00 bits per heavy atom. The second kappa shape index (κ2) is 6.56. The molecule has 1 aromatic rings. The molecule has 1 aliphatic heterocycles. The van der Waals surface area contributed by atoms with Gasteiger partial charge >= 0.3 is 0 Å². The van der Waals surface area contributed by atoms with Crippen LogP contribution in [0.4, 0.5) is 5.69 Å². The predicted octanol–water partition coefficient (Wildman–Crippen LogP) is 3.87. The van der Waals surface area contributed by atoms with Crippen molar-refractivity contribution < 1.29 is 9.72 Å². The molecule has 5 nitrogen and oxygen atoms in total. The van der Waals surface area contributed by atoms with Crippen molar-refractivity contribution in [2.24, 2.45) is 11.8 Å². The molecule has 6 heteroatoms. The van der Waals surface area contributed by atoms with Crippen molar-refractivity contribution in [1.29, 1.82) is 0 Å². The predicted molar refractivity (Wildman–Crippen MR) is 84.3 cm³/mol. The molecule has 1 amide bonds. The Morgan fingerprint density at radius 1 is 1.38 bits per heavy atom. The molecule has 0 bridgehead atoms. The molecule has 0 aliphatic carbocycles. The summed E-state index contributed by atoms with van der Waals surface area (Å²) in [6.45, 7) is 5.87. The number of carbonyl (C=O) groups excluding carboxylic acids is 1. The van der Waals surface area contributed by atoms with Crippen molar-refractivity contribution in [2.75, 3.05) is 13.1 Å². The number of nitrogens with zero attached hydrogens (tertiary/aromatic N) is 2. The first kappa shape index (κ1) is 15.9. The van der Waals surface area contributed by atoms with Gasteiger partial charge in [-0.15, -0.1) is 0 Å². The summed E-state index contributed by atoms with van der Waals surface area (Å²) < 4.78 is 0.391. The Labute approximate surface area is 132 Å². The molecule has 0 N–H and O–H groups in total. The summed E-state index contributed by atoms with van der Waals surface area (Å²) in [6.07, 6.45) is 2.00. The molecule has 1 aromatic carbocycles. The van der Waals surface area contributed by atoms with Gasteiger partial charge in [-0.3, -0.25) is 14.9 Å². The molecular formula is C15H19BrN2O3. The molecule has 0 unspecified atom stereocenters. The summed E-state index contributed by atoms with van der Waals surface area (Å²) in [5.74, 6) is 1.18. The van der Waals surface area contributed by atoms with Gasteiger partial charge in [0.2, 0.25) is 0 Å². The van der Waals surface area contributed by atoms with Crippen LogP contribution in [0, 0.1) is 22.0 Å². The number of likely N-dealkylation sites (tertiary alicyclic amines) is 1. The molecule has 2 rings (SSSR count). The zero-order valence-electron chi connectivity index (χ0n) is 12.2. The smallest absolute Gasteiger partial charge is 0.284 e. The molecule has 114 valence electrons. The molecule has 21 heavy (non-hydrogen) atoms. The fourth-order valence-electron chi connectivity index (χ4n) is 2.74. The fraction of sp³-hybridized carbons (Fsp3) is 0.533. The van der Waals surface area contributed by atoms with Gasteiger partial charge in [-0.05, 0) is 52.7 Å². The number of halogens is 1. The SMILES string of the molecule is CC(C)C1CCN(C(=O)c2ccc(Br)c([N+](=O)[O-])c2)CC1. The fourth-order valence-corrected chi connectivity index (χ4v) is 3.13. The normalized spacial score (nSPS) is 16.3. The van der Waals surface area contributed by atoms with Crippen LogP contribution in [0.2, 0.25) is 0 Å². The maximum absolute atomic E-state index is 12.5. The lowest BCUT2D eigenvalue weighted by Gasteiger charge is -2.33. The van der Waals surface area contributed by atoms with E-state index < -0.39 is 4.92 Å². The second-order valence-electron chi connectivity index (χ2n) is 5.80. The number of hydrogen-bond donors (Lipinski definition) is 0. The third kappa shape index (κ3) is 3.61. The van der Waals surface area contributed by atoms with E-state index in [0.717, 1.165) is 25.9 Å². The van der Waals surface area contributed by atoms with Gasteiger partial charge < -0.3 is 4.90 Å². The average molecular weight is 355 g/mol. The summed E-state index contributed by atoms with van der Waals surface area (Å²) in [5.41, 5.74) is 0.311. The molecular weight excluding hydrogens is 336 g/mol. The molecule has 1 heterocycles. The molecule has 1 fully saturated rings. The van der Waals surface area contributed by atoms with Crippen molar-refractivity contribution in [2.45, 2.75) is 26.7 Å². The maximum Gasteiger partial charge on any atom is 0.284 e. The summed E-state index contributed by atoms with van der Waals surface area (Å²) in [4.78, 5) is 24.7. The van der Waals surface area contributed by atoms with Crippen LogP contribution in [0.1, 0.15) is 37.0 Å². The van der Waals surface area contributed by atoms with Gasteiger partial charge in [0.15, 0.2) is 0 Å². The number of nitro groups is 1. The zero-order valence-corrected chi connectivity index (χ0v) is 13.8. The highest BCUT2D eigenvalue weighted by Gasteiger charge is 2.26. The lowest BCUT2D eigenvalue weighted by atomic mass is 9.86. The summed E-state index contributed by atoms with van der Waals surface area (Å²) >= 11 is 3.13. The van der Waals surface area contributed by atoms with Crippen LogP contribution in [0.3, 0.4) is 0 Å². The Hall–Kier alpha value is -1.43. The number of benzene rings is 1. The third-order valence-corrected chi connectivity index (χ3v) is 4.83. The average Bonchev–Trinajstić information content (AvgIpc) is 2.46. The topological polar surface area (TPSA) is 63.5 Å². The minimum absolute atomic E-state index is 0.0714. The molecule has 0 spiro atoms. The van der Waals surface area contributed by atoms with Gasteiger partial charge in [-0.25, -0.2) is 0 Å². The zero-order chi connectivity index (χ0) is 15.6. The quantitative estimate of drug-likeness (QED) is 0.611. The van der Waals surface area contributed by atoms with E-state index in [2.05, 4.69) is 29.8 Å². The lowest BCUT2D eigenvalue weighted by Crippen LogP contribution is -2.39. The lowest BCUT2D eigenvalue weighted by molar-refractivity contribution is -0.385. The first-order valence-corrected chi connectivity index (χ1v) is 7.92. The molecule has 0 atom stereocenters. The second-order valence-corrected chi connectivity index (χ2v) is 6.65. The highest BCUT2D eigenvalue weighted by Crippen LogP contribution is 2.28. The van der Waals surface area contributed by atoms with Crippen LogP contribution < -0.4 is 0 Å². The van der Waals surface area contributed by atoms with Gasteiger partial charge in [-0.2, -0.15) is 0 Å². The largest absolute Gasteiger partial charge is 0.339 e. The number of nitro benzene ring substituents is 1. The van der Waals surface area contributed by atoms with Crippen molar-refractivity contribution in [3.05, 3.63) is 38.3 Å². The van der Waals surface area contributed by atoms with E-state index in [-0.39, 0.29) is 11.6 Å². The van der Waals surface area contributed by atoms with Gasteiger partial charge in [0.25, 0.3) is 11.6 Å². The minimum atomic E-state index is -0.480. The van der Waals surface area contributed by atoms with Crippen molar-refractivity contribution in [3.8, 4) is 0 Å². The Kier molecular flexibility index (Phi) is 4.98. The first-order chi connectivity index (χ1) is 9.90.